The first kappa shape index (κ1) is 14.6. The third-order valence-electron chi connectivity index (χ3n) is 2.86. The zero-order valence-corrected chi connectivity index (χ0v) is 10.9. The molecule has 4 heteroatoms. The quantitative estimate of drug-likeness (QED) is 0.813. The van der Waals surface area contributed by atoms with Gasteiger partial charge in [0.15, 0.2) is 0 Å². The summed E-state index contributed by atoms with van der Waals surface area (Å²) in [6.45, 7) is 4.50. The van der Waals surface area contributed by atoms with E-state index in [-0.39, 0.29) is 30.2 Å². The van der Waals surface area contributed by atoms with Gasteiger partial charge in [-0.25, -0.2) is 4.39 Å². The summed E-state index contributed by atoms with van der Waals surface area (Å²) < 4.78 is 13.3. The van der Waals surface area contributed by atoms with E-state index in [0.717, 1.165) is 0 Å². The lowest BCUT2D eigenvalue weighted by Gasteiger charge is -2.23. The van der Waals surface area contributed by atoms with Crippen molar-refractivity contribution in [1.29, 1.82) is 0 Å². The summed E-state index contributed by atoms with van der Waals surface area (Å²) in [7, 11) is 0. The number of rotatable bonds is 6. The molecule has 1 aromatic rings. The molecular weight excluding hydrogens is 233 g/mol. The number of aliphatic hydroxyl groups is 1. The van der Waals surface area contributed by atoms with Gasteiger partial charge in [0.2, 0.25) is 5.91 Å². The zero-order chi connectivity index (χ0) is 13.6. The SMILES string of the molecule is CC(C)(CCO)CNC(=O)Cc1ccccc1F. The van der Waals surface area contributed by atoms with E-state index in [1.807, 2.05) is 13.8 Å². The van der Waals surface area contributed by atoms with E-state index in [0.29, 0.717) is 18.5 Å². The minimum atomic E-state index is -0.359. The number of hydrogen-bond acceptors (Lipinski definition) is 2. The maximum Gasteiger partial charge on any atom is 0.224 e. The maximum atomic E-state index is 13.3. The van der Waals surface area contributed by atoms with Crippen LogP contribution in [0.4, 0.5) is 4.39 Å². The number of amides is 1. The summed E-state index contributed by atoms with van der Waals surface area (Å²) >= 11 is 0. The van der Waals surface area contributed by atoms with Crippen LogP contribution in [0, 0.1) is 11.2 Å². The minimum Gasteiger partial charge on any atom is -0.396 e. The summed E-state index contributed by atoms with van der Waals surface area (Å²) in [5, 5.41) is 11.6. The van der Waals surface area contributed by atoms with Gasteiger partial charge in [0.05, 0.1) is 6.42 Å². The summed E-state index contributed by atoms with van der Waals surface area (Å²) in [6, 6.07) is 6.26. The highest BCUT2D eigenvalue weighted by atomic mass is 19.1. The van der Waals surface area contributed by atoms with Crippen molar-refractivity contribution in [1.82, 2.24) is 5.32 Å². The first-order valence-electron chi connectivity index (χ1n) is 6.05. The second-order valence-corrected chi connectivity index (χ2v) is 5.18. The Balaban J connectivity index is 2.46. The molecule has 0 aliphatic rings. The van der Waals surface area contributed by atoms with Gasteiger partial charge in [0.1, 0.15) is 5.82 Å². The lowest BCUT2D eigenvalue weighted by atomic mass is 9.89. The second-order valence-electron chi connectivity index (χ2n) is 5.18. The Labute approximate surface area is 107 Å². The topological polar surface area (TPSA) is 49.3 Å². The Morgan fingerprint density at radius 2 is 2.06 bits per heavy atom. The first-order chi connectivity index (χ1) is 8.44. The highest BCUT2D eigenvalue weighted by Crippen LogP contribution is 2.18. The van der Waals surface area contributed by atoms with E-state index in [1.54, 1.807) is 18.2 Å². The molecule has 0 aromatic heterocycles. The molecule has 0 radical (unpaired) electrons. The van der Waals surface area contributed by atoms with Crippen molar-refractivity contribution in [3.05, 3.63) is 35.6 Å². The van der Waals surface area contributed by atoms with Crippen LogP contribution in [0.25, 0.3) is 0 Å². The molecule has 0 aliphatic heterocycles. The summed E-state index contributed by atoms with van der Waals surface area (Å²) in [5.41, 5.74) is 0.245. The standard InChI is InChI=1S/C14H20FNO2/c1-14(2,7-8-17)10-16-13(18)9-11-5-3-4-6-12(11)15/h3-6,17H,7-10H2,1-2H3,(H,16,18). The van der Waals surface area contributed by atoms with Crippen molar-refractivity contribution in [2.24, 2.45) is 5.41 Å². The molecule has 0 spiro atoms. The van der Waals surface area contributed by atoms with Crippen LogP contribution < -0.4 is 5.32 Å². The van der Waals surface area contributed by atoms with Crippen LogP contribution >= 0.6 is 0 Å². The number of carbonyl (C=O) groups is 1. The fourth-order valence-electron chi connectivity index (χ4n) is 1.61. The Morgan fingerprint density at radius 3 is 2.67 bits per heavy atom. The Kier molecular flexibility index (Phi) is 5.28. The fourth-order valence-corrected chi connectivity index (χ4v) is 1.61. The van der Waals surface area contributed by atoms with Crippen molar-refractivity contribution in [3.8, 4) is 0 Å². The number of hydrogen-bond donors (Lipinski definition) is 2. The van der Waals surface area contributed by atoms with Crippen molar-refractivity contribution >= 4 is 5.91 Å². The predicted molar refractivity (Wildman–Crippen MR) is 68.6 cm³/mol. The van der Waals surface area contributed by atoms with Gasteiger partial charge < -0.3 is 10.4 Å². The zero-order valence-electron chi connectivity index (χ0n) is 10.9. The monoisotopic (exact) mass is 253 g/mol. The summed E-state index contributed by atoms with van der Waals surface area (Å²) in [6.07, 6.45) is 0.662. The average Bonchev–Trinajstić information content (AvgIpc) is 2.30. The molecule has 18 heavy (non-hydrogen) atoms. The minimum absolute atomic E-state index is 0.0435. The predicted octanol–water partition coefficient (Wildman–Crippen LogP) is 1.89. The van der Waals surface area contributed by atoms with Gasteiger partial charge in [-0.15, -0.1) is 0 Å². The Morgan fingerprint density at radius 1 is 1.39 bits per heavy atom. The number of nitrogens with one attached hydrogen (secondary N) is 1. The number of aliphatic hydroxyl groups excluding tert-OH is 1. The van der Waals surface area contributed by atoms with Gasteiger partial charge >= 0.3 is 0 Å². The molecule has 0 heterocycles. The Bertz CT molecular complexity index is 405. The van der Waals surface area contributed by atoms with Gasteiger partial charge in [-0.1, -0.05) is 32.0 Å². The first-order valence-corrected chi connectivity index (χ1v) is 6.05. The maximum absolute atomic E-state index is 13.3. The normalized spacial score (nSPS) is 11.3. The molecule has 1 rings (SSSR count). The van der Waals surface area contributed by atoms with Crippen molar-refractivity contribution in [3.63, 3.8) is 0 Å². The third-order valence-corrected chi connectivity index (χ3v) is 2.86. The molecule has 0 saturated carbocycles. The van der Waals surface area contributed by atoms with E-state index in [4.69, 9.17) is 5.11 Å². The second kappa shape index (κ2) is 6.50. The molecule has 0 saturated heterocycles. The van der Waals surface area contributed by atoms with Gasteiger partial charge in [-0.05, 0) is 23.5 Å². The van der Waals surface area contributed by atoms with Gasteiger partial charge in [0.25, 0.3) is 0 Å². The van der Waals surface area contributed by atoms with Crippen LogP contribution in [0.2, 0.25) is 0 Å². The third kappa shape index (κ3) is 4.84. The molecule has 0 bridgehead atoms. The average molecular weight is 253 g/mol. The van der Waals surface area contributed by atoms with E-state index in [2.05, 4.69) is 5.32 Å². The van der Waals surface area contributed by atoms with E-state index in [9.17, 15) is 9.18 Å². The highest BCUT2D eigenvalue weighted by molar-refractivity contribution is 5.78. The molecule has 3 nitrogen and oxygen atoms in total. The Hall–Kier alpha value is -1.42. The number of carbonyl (C=O) groups excluding carboxylic acids is 1. The molecule has 100 valence electrons. The molecule has 2 N–H and O–H groups in total. The molecular formula is C14H20FNO2. The van der Waals surface area contributed by atoms with Gasteiger partial charge in [-0.3, -0.25) is 4.79 Å². The van der Waals surface area contributed by atoms with Crippen LogP contribution in [-0.2, 0) is 11.2 Å². The van der Waals surface area contributed by atoms with Crippen LogP contribution in [0.1, 0.15) is 25.8 Å². The highest BCUT2D eigenvalue weighted by Gasteiger charge is 2.18. The lowest BCUT2D eigenvalue weighted by molar-refractivity contribution is -0.121. The van der Waals surface area contributed by atoms with E-state index in [1.165, 1.54) is 6.07 Å². The summed E-state index contributed by atoms with van der Waals surface area (Å²) in [5.74, 6) is -0.562. The van der Waals surface area contributed by atoms with Gasteiger partial charge in [-0.2, -0.15) is 0 Å². The van der Waals surface area contributed by atoms with Gasteiger partial charge in [0, 0.05) is 13.2 Å². The lowest BCUT2D eigenvalue weighted by Crippen LogP contribution is -2.35. The van der Waals surface area contributed by atoms with Crippen LogP contribution in [0.15, 0.2) is 24.3 Å². The largest absolute Gasteiger partial charge is 0.396 e. The summed E-state index contributed by atoms with van der Waals surface area (Å²) in [4.78, 5) is 11.7. The molecule has 0 atom stereocenters. The smallest absolute Gasteiger partial charge is 0.224 e. The van der Waals surface area contributed by atoms with Crippen molar-refractivity contribution in [2.45, 2.75) is 26.7 Å². The number of benzene rings is 1. The molecule has 0 unspecified atom stereocenters. The van der Waals surface area contributed by atoms with E-state index < -0.39 is 0 Å². The van der Waals surface area contributed by atoms with Crippen LogP contribution in [0.3, 0.4) is 0 Å². The van der Waals surface area contributed by atoms with Crippen molar-refractivity contribution < 1.29 is 14.3 Å². The molecule has 0 fully saturated rings. The van der Waals surface area contributed by atoms with Crippen molar-refractivity contribution in [2.75, 3.05) is 13.2 Å². The molecule has 1 aromatic carbocycles. The molecule has 1 amide bonds. The van der Waals surface area contributed by atoms with Crippen LogP contribution in [0.5, 0.6) is 0 Å². The molecule has 0 aliphatic carbocycles. The fraction of sp³-hybridized carbons (Fsp3) is 0.500. The van der Waals surface area contributed by atoms with Crippen LogP contribution in [-0.4, -0.2) is 24.2 Å². The van der Waals surface area contributed by atoms with E-state index >= 15 is 0 Å². The number of halogens is 1.